The number of guanidine groups is 1. The van der Waals surface area contributed by atoms with Gasteiger partial charge in [-0.25, -0.2) is 4.98 Å². The van der Waals surface area contributed by atoms with Gasteiger partial charge in [-0.15, -0.1) is 11.3 Å². The predicted octanol–water partition coefficient (Wildman–Crippen LogP) is 2.70. The lowest BCUT2D eigenvalue weighted by molar-refractivity contribution is 0.635. The van der Waals surface area contributed by atoms with E-state index in [0.29, 0.717) is 0 Å². The first-order valence-electron chi connectivity index (χ1n) is 9.27. The molecule has 2 heterocycles. The van der Waals surface area contributed by atoms with Gasteiger partial charge in [0.1, 0.15) is 0 Å². The molecule has 0 radical (unpaired) electrons. The molecule has 0 aliphatic heterocycles. The van der Waals surface area contributed by atoms with Gasteiger partial charge in [0.2, 0.25) is 0 Å². The van der Waals surface area contributed by atoms with Crippen LogP contribution in [0, 0.1) is 20.8 Å². The van der Waals surface area contributed by atoms with Crippen LogP contribution in [0.3, 0.4) is 0 Å². The summed E-state index contributed by atoms with van der Waals surface area (Å²) in [6.07, 6.45) is 2.85. The van der Waals surface area contributed by atoms with Crippen LogP contribution in [0.25, 0.3) is 0 Å². The zero-order chi connectivity index (χ0) is 19.3. The molecule has 0 saturated carbocycles. The summed E-state index contributed by atoms with van der Waals surface area (Å²) in [7, 11) is 3.81. The molecular weight excluding hydrogens is 344 g/mol. The average molecular weight is 377 g/mol. The Kier molecular flexibility index (Phi) is 7.20. The maximum Gasteiger partial charge on any atom is 0.191 e. The first-order valence-corrected chi connectivity index (χ1v) is 10.1. The van der Waals surface area contributed by atoms with E-state index in [-0.39, 0.29) is 6.04 Å². The normalized spacial score (nSPS) is 13.1. The van der Waals surface area contributed by atoms with Gasteiger partial charge in [-0.1, -0.05) is 6.92 Å². The minimum Gasteiger partial charge on any atom is -0.356 e. The molecule has 0 amide bonds. The Hall–Kier alpha value is -1.89. The summed E-state index contributed by atoms with van der Waals surface area (Å²) in [5.41, 5.74) is 4.87. The molecule has 7 heteroatoms. The van der Waals surface area contributed by atoms with Crippen molar-refractivity contribution in [2.45, 2.75) is 59.9 Å². The number of rotatable bonds is 7. The van der Waals surface area contributed by atoms with Gasteiger partial charge in [-0.05, 0) is 46.1 Å². The van der Waals surface area contributed by atoms with Gasteiger partial charge >= 0.3 is 0 Å². The van der Waals surface area contributed by atoms with Gasteiger partial charge in [0.15, 0.2) is 5.96 Å². The van der Waals surface area contributed by atoms with Gasteiger partial charge in [-0.2, -0.15) is 5.10 Å². The van der Waals surface area contributed by atoms with Crippen molar-refractivity contribution < 1.29 is 0 Å². The SMILES string of the molecule is CCc1nc(CCNC(=NC)NC(C)Cc2c(C)nn(C)c2C)sc1C. The molecule has 0 spiro atoms. The Balaban J connectivity index is 1.84. The van der Waals surface area contributed by atoms with E-state index in [1.807, 2.05) is 18.8 Å². The molecule has 2 aromatic heterocycles. The Morgan fingerprint density at radius 3 is 2.58 bits per heavy atom. The standard InChI is InChI=1S/C19H32N6S/c1-8-17-15(5)26-18(23-17)9-10-21-19(20-6)22-12(2)11-16-13(3)24-25(7)14(16)4/h12H,8-11H2,1-7H3,(H2,20,21,22). The largest absolute Gasteiger partial charge is 0.356 e. The summed E-state index contributed by atoms with van der Waals surface area (Å²) in [6.45, 7) is 11.5. The van der Waals surface area contributed by atoms with Gasteiger partial charge in [-0.3, -0.25) is 9.67 Å². The Labute approximate surface area is 161 Å². The smallest absolute Gasteiger partial charge is 0.191 e. The summed E-state index contributed by atoms with van der Waals surface area (Å²) in [6, 6.07) is 0.275. The second-order valence-corrected chi connectivity index (χ2v) is 8.02. The molecule has 1 atom stereocenters. The van der Waals surface area contributed by atoms with Crippen LogP contribution < -0.4 is 10.6 Å². The Bertz CT molecular complexity index is 758. The van der Waals surface area contributed by atoms with E-state index in [9.17, 15) is 0 Å². The van der Waals surface area contributed by atoms with Gasteiger partial charge in [0.25, 0.3) is 0 Å². The van der Waals surface area contributed by atoms with E-state index < -0.39 is 0 Å². The second kappa shape index (κ2) is 9.16. The molecule has 0 saturated heterocycles. The van der Waals surface area contributed by atoms with Crippen LogP contribution in [0.5, 0.6) is 0 Å². The number of aryl methyl sites for hydroxylation is 4. The average Bonchev–Trinajstić information content (AvgIpc) is 3.07. The number of aromatic nitrogens is 3. The molecule has 0 aromatic carbocycles. The van der Waals surface area contributed by atoms with Crippen molar-refractivity contribution in [3.63, 3.8) is 0 Å². The number of hydrogen-bond acceptors (Lipinski definition) is 4. The zero-order valence-corrected chi connectivity index (χ0v) is 17.9. The highest BCUT2D eigenvalue weighted by Crippen LogP contribution is 2.18. The van der Waals surface area contributed by atoms with E-state index >= 15 is 0 Å². The third kappa shape index (κ3) is 5.06. The number of aliphatic imine (C=N–C) groups is 1. The number of nitrogens with one attached hydrogen (secondary N) is 2. The summed E-state index contributed by atoms with van der Waals surface area (Å²) in [5, 5.41) is 12.6. The third-order valence-electron chi connectivity index (χ3n) is 4.68. The van der Waals surface area contributed by atoms with E-state index in [0.717, 1.165) is 37.5 Å². The zero-order valence-electron chi connectivity index (χ0n) is 17.1. The van der Waals surface area contributed by atoms with E-state index in [1.54, 1.807) is 11.3 Å². The van der Waals surface area contributed by atoms with E-state index in [1.165, 1.54) is 26.8 Å². The number of hydrogen-bond donors (Lipinski definition) is 2. The van der Waals surface area contributed by atoms with Crippen molar-refractivity contribution in [1.29, 1.82) is 0 Å². The molecule has 0 bridgehead atoms. The molecule has 2 N–H and O–H groups in total. The van der Waals surface area contributed by atoms with Crippen molar-refractivity contribution >= 4 is 17.3 Å². The maximum atomic E-state index is 4.70. The van der Waals surface area contributed by atoms with Crippen molar-refractivity contribution in [1.82, 2.24) is 25.4 Å². The molecule has 144 valence electrons. The fourth-order valence-corrected chi connectivity index (χ4v) is 4.13. The molecule has 2 aromatic rings. The fourth-order valence-electron chi connectivity index (χ4n) is 3.11. The van der Waals surface area contributed by atoms with Crippen LogP contribution in [0.1, 0.15) is 46.4 Å². The van der Waals surface area contributed by atoms with Gasteiger partial charge < -0.3 is 10.6 Å². The quantitative estimate of drug-likeness (QED) is 0.576. The Morgan fingerprint density at radius 2 is 2.04 bits per heavy atom. The van der Waals surface area contributed by atoms with Crippen molar-refractivity contribution in [3.05, 3.63) is 32.5 Å². The van der Waals surface area contributed by atoms with Crippen LogP contribution in [0.2, 0.25) is 0 Å². The number of nitrogens with zero attached hydrogens (tertiary/aromatic N) is 4. The van der Waals surface area contributed by atoms with Crippen LogP contribution >= 0.6 is 11.3 Å². The lowest BCUT2D eigenvalue weighted by atomic mass is 10.1. The summed E-state index contributed by atoms with van der Waals surface area (Å²) in [5.74, 6) is 0.834. The van der Waals surface area contributed by atoms with Crippen molar-refractivity contribution in [3.8, 4) is 0 Å². The molecule has 0 fully saturated rings. The first kappa shape index (κ1) is 20.4. The highest BCUT2D eigenvalue weighted by Gasteiger charge is 2.14. The molecule has 0 aliphatic rings. The van der Waals surface area contributed by atoms with Crippen LogP contribution in [0.15, 0.2) is 4.99 Å². The minimum atomic E-state index is 0.275. The van der Waals surface area contributed by atoms with Crippen molar-refractivity contribution in [2.24, 2.45) is 12.0 Å². The molecule has 6 nitrogen and oxygen atoms in total. The lowest BCUT2D eigenvalue weighted by Crippen LogP contribution is -2.43. The second-order valence-electron chi connectivity index (χ2n) is 6.74. The molecular formula is C19H32N6S. The predicted molar refractivity (Wildman–Crippen MR) is 110 cm³/mol. The lowest BCUT2D eigenvalue weighted by Gasteiger charge is -2.18. The molecule has 0 aliphatic carbocycles. The van der Waals surface area contributed by atoms with Crippen LogP contribution in [-0.4, -0.2) is 40.4 Å². The fraction of sp³-hybridized carbons (Fsp3) is 0.632. The minimum absolute atomic E-state index is 0.275. The molecule has 1 unspecified atom stereocenters. The van der Waals surface area contributed by atoms with Crippen LogP contribution in [0.4, 0.5) is 0 Å². The monoisotopic (exact) mass is 376 g/mol. The first-order chi connectivity index (χ1) is 12.3. The number of thiazole rings is 1. The van der Waals surface area contributed by atoms with Gasteiger partial charge in [0, 0.05) is 43.7 Å². The van der Waals surface area contributed by atoms with Gasteiger partial charge in [0.05, 0.1) is 16.4 Å². The topological polar surface area (TPSA) is 67.1 Å². The summed E-state index contributed by atoms with van der Waals surface area (Å²) >= 11 is 1.80. The highest BCUT2D eigenvalue weighted by atomic mass is 32.1. The van der Waals surface area contributed by atoms with E-state index in [4.69, 9.17) is 4.98 Å². The van der Waals surface area contributed by atoms with Crippen molar-refractivity contribution in [2.75, 3.05) is 13.6 Å². The molecule has 26 heavy (non-hydrogen) atoms. The van der Waals surface area contributed by atoms with E-state index in [2.05, 4.69) is 55.3 Å². The Morgan fingerprint density at radius 1 is 1.31 bits per heavy atom. The van der Waals surface area contributed by atoms with Crippen LogP contribution in [-0.2, 0) is 26.3 Å². The molecule has 2 rings (SSSR count). The summed E-state index contributed by atoms with van der Waals surface area (Å²) < 4.78 is 1.95. The summed E-state index contributed by atoms with van der Waals surface area (Å²) in [4.78, 5) is 10.4. The maximum absolute atomic E-state index is 4.70. The highest BCUT2D eigenvalue weighted by molar-refractivity contribution is 7.11. The third-order valence-corrected chi connectivity index (χ3v) is 5.75.